The maximum Gasteiger partial charge on any atom is 0.315 e. The van der Waals surface area contributed by atoms with Gasteiger partial charge in [0, 0.05) is 5.54 Å². The Morgan fingerprint density at radius 1 is 1.54 bits per heavy atom. The fourth-order valence-corrected chi connectivity index (χ4v) is 1.56. The average molecular weight is 202 g/mol. The van der Waals surface area contributed by atoms with Crippen molar-refractivity contribution < 1.29 is 4.42 Å². The summed E-state index contributed by atoms with van der Waals surface area (Å²) in [5.74, 6) is 0.734. The van der Waals surface area contributed by atoms with Gasteiger partial charge in [-0.3, -0.25) is 0 Å². The van der Waals surface area contributed by atoms with E-state index in [0.717, 1.165) is 12.8 Å². The Labute approximate surface area is 81.7 Å². The minimum absolute atomic E-state index is 0.149. The molecule has 1 aromatic heterocycles. The largest absolute Gasteiger partial charge is 0.407 e. The zero-order valence-corrected chi connectivity index (χ0v) is 8.26. The molecule has 0 aromatic carbocycles. The third-order valence-electron chi connectivity index (χ3n) is 2.45. The van der Waals surface area contributed by atoms with Gasteiger partial charge in [-0.15, -0.1) is 16.7 Å². The van der Waals surface area contributed by atoms with E-state index in [1.807, 2.05) is 0 Å². The average Bonchev–Trinajstić information content (AvgIpc) is 2.49. The summed E-state index contributed by atoms with van der Waals surface area (Å²) in [4.78, 5) is 0. The summed E-state index contributed by atoms with van der Waals surface area (Å²) in [6, 6.07) is 0.484. The summed E-state index contributed by atoms with van der Waals surface area (Å²) in [5.41, 5.74) is 0.149. The predicted octanol–water partition coefficient (Wildman–Crippen LogP) is 2.16. The minimum Gasteiger partial charge on any atom is -0.407 e. The molecule has 0 radical (unpaired) electrons. The number of hydrogen-bond acceptors (Lipinski definition) is 4. The number of hydrogen-bond donors (Lipinski definition) is 1. The molecule has 2 rings (SSSR count). The van der Waals surface area contributed by atoms with Crippen LogP contribution in [0.2, 0.25) is 0 Å². The molecule has 0 amide bonds. The summed E-state index contributed by atoms with van der Waals surface area (Å²) < 4.78 is 5.24. The van der Waals surface area contributed by atoms with Gasteiger partial charge in [-0.2, -0.15) is 0 Å². The summed E-state index contributed by atoms with van der Waals surface area (Å²) in [6.45, 7) is 2.15. The van der Waals surface area contributed by atoms with Crippen LogP contribution in [0.25, 0.3) is 0 Å². The Balaban J connectivity index is 2.01. The third-order valence-corrected chi connectivity index (χ3v) is 2.68. The van der Waals surface area contributed by atoms with Crippen LogP contribution in [-0.4, -0.2) is 15.7 Å². The lowest BCUT2D eigenvalue weighted by Gasteiger charge is -2.38. The molecule has 72 valence electrons. The summed E-state index contributed by atoms with van der Waals surface area (Å²) in [7, 11) is 0. The Morgan fingerprint density at radius 3 is 2.77 bits per heavy atom. The second-order valence-corrected chi connectivity index (χ2v) is 3.94. The Bertz CT molecular complexity index is 295. The van der Waals surface area contributed by atoms with Gasteiger partial charge in [-0.25, -0.2) is 0 Å². The van der Waals surface area contributed by atoms with Crippen LogP contribution in [0.4, 0.5) is 6.01 Å². The van der Waals surface area contributed by atoms with E-state index in [4.69, 9.17) is 16.0 Å². The van der Waals surface area contributed by atoms with E-state index in [1.54, 1.807) is 0 Å². The number of nitrogens with one attached hydrogen (secondary N) is 1. The minimum atomic E-state index is 0.149. The second-order valence-electron chi connectivity index (χ2n) is 3.67. The molecule has 1 aliphatic rings. The van der Waals surface area contributed by atoms with E-state index >= 15 is 0 Å². The zero-order valence-electron chi connectivity index (χ0n) is 7.51. The van der Waals surface area contributed by atoms with Gasteiger partial charge in [-0.1, -0.05) is 5.10 Å². The van der Waals surface area contributed by atoms with Crippen molar-refractivity contribution in [3.05, 3.63) is 5.89 Å². The molecule has 1 N–H and O–H groups in total. The van der Waals surface area contributed by atoms with Gasteiger partial charge in [-0.05, 0) is 26.2 Å². The van der Waals surface area contributed by atoms with Crippen LogP contribution >= 0.6 is 11.6 Å². The van der Waals surface area contributed by atoms with E-state index in [0.29, 0.717) is 11.9 Å². The van der Waals surface area contributed by atoms with Crippen molar-refractivity contribution in [2.24, 2.45) is 0 Å². The second kappa shape index (κ2) is 3.18. The normalized spacial score (nSPS) is 19.5. The molecule has 1 saturated carbocycles. The van der Waals surface area contributed by atoms with Crippen LogP contribution in [0.1, 0.15) is 32.1 Å². The highest BCUT2D eigenvalue weighted by Crippen LogP contribution is 2.34. The van der Waals surface area contributed by atoms with E-state index in [9.17, 15) is 0 Å². The first-order chi connectivity index (χ1) is 6.22. The first-order valence-corrected chi connectivity index (χ1v) is 4.92. The van der Waals surface area contributed by atoms with Gasteiger partial charge in [0.05, 0.1) is 0 Å². The number of aromatic nitrogens is 2. The van der Waals surface area contributed by atoms with Crippen molar-refractivity contribution in [2.45, 2.75) is 37.6 Å². The van der Waals surface area contributed by atoms with Crippen LogP contribution in [0, 0.1) is 0 Å². The fraction of sp³-hybridized carbons (Fsp3) is 0.750. The van der Waals surface area contributed by atoms with Crippen molar-refractivity contribution in [2.75, 3.05) is 5.32 Å². The molecule has 4 nitrogen and oxygen atoms in total. The first kappa shape index (κ1) is 8.81. The summed E-state index contributed by atoms with van der Waals surface area (Å²) >= 11 is 5.54. The van der Waals surface area contributed by atoms with Gasteiger partial charge >= 0.3 is 6.01 Å². The number of anilines is 1. The molecule has 0 unspecified atom stereocenters. The Morgan fingerprint density at radius 2 is 2.31 bits per heavy atom. The summed E-state index contributed by atoms with van der Waals surface area (Å²) in [5, 5.41) is 10.8. The SMILES string of the molecule is CC1(Nc2nnc(CCl)o2)CCC1. The maximum absolute atomic E-state index is 5.54. The Hall–Kier alpha value is -0.770. The smallest absolute Gasteiger partial charge is 0.315 e. The van der Waals surface area contributed by atoms with Crippen molar-refractivity contribution in [3.8, 4) is 0 Å². The highest BCUT2D eigenvalue weighted by molar-refractivity contribution is 6.16. The van der Waals surface area contributed by atoms with E-state index in [2.05, 4.69) is 22.4 Å². The standard InChI is InChI=1S/C8H12ClN3O/c1-8(3-2-4-8)10-7-12-11-6(5-9)13-7/h2-5H2,1H3,(H,10,12). The lowest BCUT2D eigenvalue weighted by Crippen LogP contribution is -2.41. The molecule has 0 aliphatic heterocycles. The highest BCUT2D eigenvalue weighted by atomic mass is 35.5. The van der Waals surface area contributed by atoms with Gasteiger partial charge in [0.15, 0.2) is 0 Å². The molecule has 1 aromatic rings. The maximum atomic E-state index is 5.54. The number of nitrogens with zero attached hydrogens (tertiary/aromatic N) is 2. The van der Waals surface area contributed by atoms with Crippen LogP contribution in [0.15, 0.2) is 4.42 Å². The van der Waals surface area contributed by atoms with Crippen LogP contribution in [-0.2, 0) is 5.88 Å². The monoisotopic (exact) mass is 201 g/mol. The van der Waals surface area contributed by atoms with E-state index in [1.165, 1.54) is 6.42 Å². The van der Waals surface area contributed by atoms with Gasteiger partial charge in [0.2, 0.25) is 5.89 Å². The van der Waals surface area contributed by atoms with Crippen LogP contribution < -0.4 is 5.32 Å². The summed E-state index contributed by atoms with van der Waals surface area (Å²) in [6.07, 6.45) is 3.58. The molecule has 1 fully saturated rings. The molecule has 0 bridgehead atoms. The zero-order chi connectivity index (χ0) is 9.31. The molecule has 13 heavy (non-hydrogen) atoms. The number of rotatable bonds is 3. The highest BCUT2D eigenvalue weighted by Gasteiger charge is 2.32. The van der Waals surface area contributed by atoms with Crippen molar-refractivity contribution >= 4 is 17.6 Å². The van der Waals surface area contributed by atoms with Crippen molar-refractivity contribution in [3.63, 3.8) is 0 Å². The molecular formula is C8H12ClN3O. The van der Waals surface area contributed by atoms with Crippen LogP contribution in [0.3, 0.4) is 0 Å². The van der Waals surface area contributed by atoms with Gasteiger partial charge in [0.25, 0.3) is 0 Å². The molecule has 0 saturated heterocycles. The van der Waals surface area contributed by atoms with E-state index < -0.39 is 0 Å². The third kappa shape index (κ3) is 1.77. The fourth-order valence-electron chi connectivity index (χ4n) is 1.45. The van der Waals surface area contributed by atoms with Crippen molar-refractivity contribution in [1.82, 2.24) is 10.2 Å². The lowest BCUT2D eigenvalue weighted by atomic mass is 9.79. The molecule has 1 heterocycles. The molecule has 1 aliphatic carbocycles. The van der Waals surface area contributed by atoms with Crippen molar-refractivity contribution in [1.29, 1.82) is 0 Å². The molecule has 0 atom stereocenters. The topological polar surface area (TPSA) is 51.0 Å². The van der Waals surface area contributed by atoms with Crippen LogP contribution in [0.5, 0.6) is 0 Å². The molecular weight excluding hydrogens is 190 g/mol. The number of alkyl halides is 1. The first-order valence-electron chi connectivity index (χ1n) is 4.38. The molecule has 5 heteroatoms. The Kier molecular flexibility index (Phi) is 2.15. The predicted molar refractivity (Wildman–Crippen MR) is 49.7 cm³/mol. The van der Waals surface area contributed by atoms with Gasteiger partial charge < -0.3 is 9.73 Å². The number of halogens is 1. The van der Waals surface area contributed by atoms with Gasteiger partial charge in [0.1, 0.15) is 5.88 Å². The van der Waals surface area contributed by atoms with E-state index in [-0.39, 0.29) is 11.4 Å². The lowest BCUT2D eigenvalue weighted by molar-refractivity contribution is 0.297. The quantitative estimate of drug-likeness (QED) is 0.762. The molecule has 0 spiro atoms.